The first kappa shape index (κ1) is 9.86. The average molecular weight is 189 g/mol. The molecule has 0 aliphatic carbocycles. The number of carbonyl (C=O) groups is 1. The molecule has 1 aliphatic heterocycles. The monoisotopic (exact) mass is 189 g/mol. The fourth-order valence-electron chi connectivity index (χ4n) is 1.39. The van der Waals surface area contributed by atoms with Crippen molar-refractivity contribution >= 4 is 18.5 Å². The lowest BCUT2D eigenvalue weighted by atomic mass is 10.1. The molecule has 0 aromatic carbocycles. The van der Waals surface area contributed by atoms with E-state index in [1.807, 2.05) is 6.92 Å². The van der Waals surface area contributed by atoms with Crippen molar-refractivity contribution in [3.63, 3.8) is 0 Å². The van der Waals surface area contributed by atoms with Crippen molar-refractivity contribution in [3.05, 3.63) is 0 Å². The number of carbonyl (C=O) groups excluding carboxylic acids is 1. The van der Waals surface area contributed by atoms with E-state index in [0.29, 0.717) is 0 Å². The second kappa shape index (κ2) is 4.72. The molecule has 0 radical (unpaired) electrons. The number of hydrogen-bond donors (Lipinski definition) is 2. The van der Waals surface area contributed by atoms with Crippen LogP contribution in [-0.2, 0) is 9.53 Å². The maximum absolute atomic E-state index is 10.9. The quantitative estimate of drug-likeness (QED) is 0.638. The molecule has 0 aromatic heterocycles. The van der Waals surface area contributed by atoms with Gasteiger partial charge in [-0.2, -0.15) is 12.6 Å². The highest BCUT2D eigenvalue weighted by Crippen LogP contribution is 2.15. The van der Waals surface area contributed by atoms with Gasteiger partial charge in [0.15, 0.2) is 0 Å². The van der Waals surface area contributed by atoms with Crippen LogP contribution in [0.1, 0.15) is 19.8 Å². The summed E-state index contributed by atoms with van der Waals surface area (Å²) in [5.74, 6) is 0.221. The van der Waals surface area contributed by atoms with Crippen molar-refractivity contribution in [2.75, 3.05) is 12.4 Å². The Morgan fingerprint density at radius 3 is 3.08 bits per heavy atom. The minimum atomic E-state index is -0.0265. The zero-order valence-electron chi connectivity index (χ0n) is 7.25. The third kappa shape index (κ3) is 2.68. The molecule has 1 rings (SSSR count). The number of amides is 1. The van der Waals surface area contributed by atoms with E-state index in [9.17, 15) is 4.79 Å². The molecule has 4 heteroatoms. The maximum atomic E-state index is 10.9. The van der Waals surface area contributed by atoms with Gasteiger partial charge < -0.3 is 10.1 Å². The van der Waals surface area contributed by atoms with Gasteiger partial charge in [0.1, 0.15) is 0 Å². The molecule has 0 spiro atoms. The minimum absolute atomic E-state index is 0.0265. The summed E-state index contributed by atoms with van der Waals surface area (Å²) < 4.78 is 5.42. The van der Waals surface area contributed by atoms with Crippen molar-refractivity contribution in [3.8, 4) is 0 Å². The van der Waals surface area contributed by atoms with Gasteiger partial charge in [-0.05, 0) is 19.8 Å². The summed E-state index contributed by atoms with van der Waals surface area (Å²) in [5, 5.41) is 2.83. The van der Waals surface area contributed by atoms with Crippen LogP contribution in [0.15, 0.2) is 0 Å². The Kier molecular flexibility index (Phi) is 3.88. The van der Waals surface area contributed by atoms with E-state index in [-0.39, 0.29) is 23.8 Å². The van der Waals surface area contributed by atoms with E-state index in [1.54, 1.807) is 0 Å². The van der Waals surface area contributed by atoms with E-state index in [1.165, 1.54) is 0 Å². The zero-order chi connectivity index (χ0) is 8.97. The van der Waals surface area contributed by atoms with Crippen LogP contribution in [0.4, 0.5) is 0 Å². The van der Waals surface area contributed by atoms with Crippen molar-refractivity contribution in [1.29, 1.82) is 0 Å². The first-order chi connectivity index (χ1) is 5.74. The van der Waals surface area contributed by atoms with Gasteiger partial charge in [0.05, 0.1) is 17.9 Å². The molecular weight excluding hydrogens is 174 g/mol. The molecule has 0 bridgehead atoms. The molecule has 1 amide bonds. The number of ether oxygens (including phenoxy) is 1. The van der Waals surface area contributed by atoms with Crippen LogP contribution in [0.3, 0.4) is 0 Å². The summed E-state index contributed by atoms with van der Waals surface area (Å²) >= 11 is 3.88. The number of thiol groups is 1. The van der Waals surface area contributed by atoms with E-state index in [0.717, 1.165) is 19.4 Å². The second-order valence-corrected chi connectivity index (χ2v) is 3.38. The van der Waals surface area contributed by atoms with Gasteiger partial charge >= 0.3 is 0 Å². The van der Waals surface area contributed by atoms with Crippen molar-refractivity contribution in [2.45, 2.75) is 31.9 Å². The number of rotatable bonds is 3. The molecule has 1 saturated heterocycles. The number of nitrogens with one attached hydrogen (secondary N) is 1. The van der Waals surface area contributed by atoms with E-state index >= 15 is 0 Å². The van der Waals surface area contributed by atoms with Crippen LogP contribution < -0.4 is 5.32 Å². The molecule has 1 heterocycles. The van der Waals surface area contributed by atoms with Gasteiger partial charge in [-0.3, -0.25) is 4.79 Å². The second-order valence-electron chi connectivity index (χ2n) is 3.07. The topological polar surface area (TPSA) is 38.3 Å². The predicted molar refractivity (Wildman–Crippen MR) is 50.4 cm³/mol. The number of hydrogen-bond acceptors (Lipinski definition) is 3. The van der Waals surface area contributed by atoms with Crippen LogP contribution in [0.2, 0.25) is 0 Å². The predicted octanol–water partition coefficient (Wildman–Crippen LogP) is 0.600. The fourth-order valence-corrected chi connectivity index (χ4v) is 1.48. The lowest BCUT2D eigenvalue weighted by Gasteiger charge is -2.19. The van der Waals surface area contributed by atoms with Crippen LogP contribution in [0.5, 0.6) is 0 Å². The molecule has 70 valence electrons. The van der Waals surface area contributed by atoms with Crippen LogP contribution in [0.25, 0.3) is 0 Å². The highest BCUT2D eigenvalue weighted by atomic mass is 32.1. The molecule has 1 fully saturated rings. The summed E-state index contributed by atoms with van der Waals surface area (Å²) in [5.41, 5.74) is 0. The Balaban J connectivity index is 2.26. The van der Waals surface area contributed by atoms with Gasteiger partial charge in [-0.15, -0.1) is 0 Å². The largest absolute Gasteiger partial charge is 0.376 e. The Labute approximate surface area is 78.3 Å². The highest BCUT2D eigenvalue weighted by Gasteiger charge is 2.22. The van der Waals surface area contributed by atoms with Gasteiger partial charge in [-0.1, -0.05) is 0 Å². The van der Waals surface area contributed by atoms with Crippen molar-refractivity contribution in [1.82, 2.24) is 5.32 Å². The Bertz CT molecular complexity index is 157. The fraction of sp³-hybridized carbons (Fsp3) is 0.875. The summed E-state index contributed by atoms with van der Waals surface area (Å²) in [6.07, 6.45) is 2.36. The normalized spacial score (nSPS) is 25.3. The third-order valence-corrected chi connectivity index (χ3v) is 2.34. The molecule has 3 nitrogen and oxygen atoms in total. The van der Waals surface area contributed by atoms with E-state index in [2.05, 4.69) is 17.9 Å². The molecule has 0 aromatic rings. The molecule has 12 heavy (non-hydrogen) atoms. The summed E-state index contributed by atoms with van der Waals surface area (Å²) in [6, 6.07) is 0.118. The van der Waals surface area contributed by atoms with Crippen LogP contribution >= 0.6 is 12.6 Å². The Morgan fingerprint density at radius 1 is 1.83 bits per heavy atom. The summed E-state index contributed by atoms with van der Waals surface area (Å²) in [4.78, 5) is 10.9. The molecule has 2 unspecified atom stereocenters. The standard InChI is InChI=1S/C8H15NO2S/c1-6(9-8(10)5-12)7-3-2-4-11-7/h6-7,12H,2-5H2,1H3,(H,9,10). The SMILES string of the molecule is CC(NC(=O)CS)C1CCCO1. The van der Waals surface area contributed by atoms with Crippen molar-refractivity contribution in [2.24, 2.45) is 0 Å². The van der Waals surface area contributed by atoms with Gasteiger partial charge in [-0.25, -0.2) is 0 Å². The lowest BCUT2D eigenvalue weighted by Crippen LogP contribution is -2.41. The van der Waals surface area contributed by atoms with Crippen LogP contribution in [-0.4, -0.2) is 30.4 Å². The highest BCUT2D eigenvalue weighted by molar-refractivity contribution is 7.81. The molecule has 1 aliphatic rings. The van der Waals surface area contributed by atoms with Gasteiger partial charge in [0.25, 0.3) is 0 Å². The van der Waals surface area contributed by atoms with Crippen molar-refractivity contribution < 1.29 is 9.53 Å². The maximum Gasteiger partial charge on any atom is 0.230 e. The lowest BCUT2D eigenvalue weighted by molar-refractivity contribution is -0.120. The Morgan fingerprint density at radius 2 is 2.58 bits per heavy atom. The minimum Gasteiger partial charge on any atom is -0.376 e. The zero-order valence-corrected chi connectivity index (χ0v) is 8.14. The first-order valence-corrected chi connectivity index (χ1v) is 4.89. The van der Waals surface area contributed by atoms with Crippen LogP contribution in [0, 0.1) is 0 Å². The van der Waals surface area contributed by atoms with E-state index < -0.39 is 0 Å². The summed E-state index contributed by atoms with van der Waals surface area (Å²) in [7, 11) is 0. The third-order valence-electron chi connectivity index (χ3n) is 2.05. The molecule has 2 atom stereocenters. The first-order valence-electron chi connectivity index (χ1n) is 4.26. The molecule has 0 saturated carbocycles. The summed E-state index contributed by atoms with van der Waals surface area (Å²) in [6.45, 7) is 2.79. The smallest absolute Gasteiger partial charge is 0.230 e. The van der Waals surface area contributed by atoms with Gasteiger partial charge in [0.2, 0.25) is 5.91 Å². The van der Waals surface area contributed by atoms with Gasteiger partial charge in [0, 0.05) is 6.61 Å². The molecule has 1 N–H and O–H groups in total. The van der Waals surface area contributed by atoms with E-state index in [4.69, 9.17) is 4.74 Å². The molecular formula is C8H15NO2S. The average Bonchev–Trinajstić information content (AvgIpc) is 2.56. The Hall–Kier alpha value is -0.220.